The van der Waals surface area contributed by atoms with Crippen LogP contribution in [0.1, 0.15) is 40.2 Å². The zero-order valence-corrected chi connectivity index (χ0v) is 20.2. The predicted octanol–water partition coefficient (Wildman–Crippen LogP) is 6.14. The highest BCUT2D eigenvalue weighted by molar-refractivity contribution is 5.98. The minimum atomic E-state index is -3.06. The van der Waals surface area contributed by atoms with Crippen LogP contribution in [0.2, 0.25) is 0 Å². The third-order valence-electron chi connectivity index (χ3n) is 5.99. The zero-order chi connectivity index (χ0) is 27.5. The predicted molar refractivity (Wildman–Crippen MR) is 138 cm³/mol. The highest BCUT2D eigenvalue weighted by atomic mass is 19.3. The number of rotatable bonds is 7. The molecule has 3 N–H and O–H groups in total. The number of aromatic nitrogens is 4. The van der Waals surface area contributed by atoms with Gasteiger partial charge in [0.2, 0.25) is 0 Å². The Morgan fingerprint density at radius 1 is 0.846 bits per heavy atom. The average molecular weight is 533 g/mol. The summed E-state index contributed by atoms with van der Waals surface area (Å²) in [6.07, 6.45) is -3.54. The summed E-state index contributed by atoms with van der Waals surface area (Å²) in [4.78, 5) is 30.1. The molecule has 0 radical (unpaired) electrons. The van der Waals surface area contributed by atoms with E-state index in [1.165, 1.54) is 0 Å². The van der Waals surface area contributed by atoms with Gasteiger partial charge in [-0.3, -0.25) is 14.8 Å². The van der Waals surface area contributed by atoms with Gasteiger partial charge in [-0.1, -0.05) is 42.5 Å². The first-order valence-electron chi connectivity index (χ1n) is 11.7. The van der Waals surface area contributed by atoms with Crippen molar-refractivity contribution < 1.29 is 22.4 Å². The number of fused-ring (bicyclic) bond motifs is 1. The van der Waals surface area contributed by atoms with Crippen LogP contribution in [0.5, 0.6) is 0 Å². The van der Waals surface area contributed by atoms with E-state index in [2.05, 4.69) is 25.3 Å². The lowest BCUT2D eigenvalue weighted by Gasteiger charge is -2.14. The lowest BCUT2D eigenvalue weighted by Crippen LogP contribution is -2.27. The monoisotopic (exact) mass is 532 g/mol. The zero-order valence-electron chi connectivity index (χ0n) is 20.2. The van der Waals surface area contributed by atoms with Crippen LogP contribution in [-0.2, 0) is 6.54 Å². The van der Waals surface area contributed by atoms with Gasteiger partial charge in [0.25, 0.3) is 18.8 Å². The largest absolute Gasteiger partial charge is 0.382 e. The second kappa shape index (κ2) is 10.8. The lowest BCUT2D eigenvalue weighted by molar-refractivity contribution is 0.0944. The first kappa shape index (κ1) is 25.7. The van der Waals surface area contributed by atoms with Gasteiger partial charge in [-0.2, -0.15) is 0 Å². The number of halogens is 4. The van der Waals surface area contributed by atoms with Gasteiger partial charge in [0.05, 0.1) is 29.1 Å². The number of benzene rings is 2. The van der Waals surface area contributed by atoms with E-state index in [-0.39, 0.29) is 17.2 Å². The van der Waals surface area contributed by atoms with Crippen LogP contribution in [-0.4, -0.2) is 25.8 Å². The number of nitrogens with zero attached hydrogens (tertiary/aromatic N) is 4. The lowest BCUT2D eigenvalue weighted by atomic mass is 10.0. The molecule has 7 nitrogen and oxygen atoms in total. The van der Waals surface area contributed by atoms with E-state index < -0.39 is 36.4 Å². The van der Waals surface area contributed by atoms with Crippen LogP contribution in [0.4, 0.5) is 23.4 Å². The van der Waals surface area contributed by atoms with Crippen LogP contribution in [0.3, 0.4) is 0 Å². The maximum atomic E-state index is 13.5. The third kappa shape index (κ3) is 5.37. The van der Waals surface area contributed by atoms with Gasteiger partial charge in [0.1, 0.15) is 0 Å². The average Bonchev–Trinajstić information content (AvgIpc) is 2.95. The molecule has 5 aromatic rings. The summed E-state index contributed by atoms with van der Waals surface area (Å²) in [6, 6.07) is 19.0. The number of hydrogen-bond acceptors (Lipinski definition) is 6. The van der Waals surface area contributed by atoms with Crippen molar-refractivity contribution in [2.75, 3.05) is 5.73 Å². The molecule has 11 heteroatoms. The standard InChI is InChI=1S/C28H20F4N6O/c29-25(30)18-12-19(26(31)32)21(35-13-18)14-36-28(39)24-27(33)38-22(15-5-2-1-3-6-15)23(37-24)17-8-9-20-16(11-17)7-4-10-34-20/h1-13,25-26H,14H2,(H2,33,38)(H,36,39). The minimum Gasteiger partial charge on any atom is -0.382 e. The molecule has 0 saturated carbocycles. The van der Waals surface area contributed by atoms with Crippen LogP contribution < -0.4 is 11.1 Å². The Labute approximate surface area is 219 Å². The van der Waals surface area contributed by atoms with Gasteiger partial charge in [-0.05, 0) is 24.3 Å². The molecule has 196 valence electrons. The van der Waals surface area contributed by atoms with E-state index in [9.17, 15) is 22.4 Å². The van der Waals surface area contributed by atoms with Gasteiger partial charge in [0, 0.05) is 40.0 Å². The fourth-order valence-electron chi connectivity index (χ4n) is 4.07. The van der Waals surface area contributed by atoms with Crippen molar-refractivity contribution in [1.29, 1.82) is 0 Å². The number of anilines is 1. The van der Waals surface area contributed by atoms with Crippen LogP contribution in [0.15, 0.2) is 79.1 Å². The first-order chi connectivity index (χ1) is 18.8. The van der Waals surface area contributed by atoms with Gasteiger partial charge in [-0.25, -0.2) is 27.5 Å². The van der Waals surface area contributed by atoms with Crippen LogP contribution >= 0.6 is 0 Å². The van der Waals surface area contributed by atoms with Crippen LogP contribution in [0.25, 0.3) is 33.4 Å². The number of carbonyl (C=O) groups is 1. The Balaban J connectivity index is 1.52. The summed E-state index contributed by atoms with van der Waals surface area (Å²) in [5, 5.41) is 3.30. The summed E-state index contributed by atoms with van der Waals surface area (Å²) in [5.41, 5.74) is 7.28. The highest BCUT2D eigenvalue weighted by Gasteiger charge is 2.22. The Kier molecular flexibility index (Phi) is 7.13. The van der Waals surface area contributed by atoms with Gasteiger partial charge >= 0.3 is 0 Å². The Morgan fingerprint density at radius 3 is 2.36 bits per heavy atom. The van der Waals surface area contributed by atoms with Gasteiger partial charge < -0.3 is 11.1 Å². The number of carbonyl (C=O) groups excluding carboxylic acids is 1. The molecule has 0 spiro atoms. The number of pyridine rings is 2. The fraction of sp³-hybridized carbons (Fsp3) is 0.107. The maximum Gasteiger partial charge on any atom is 0.274 e. The minimum absolute atomic E-state index is 0.173. The molecule has 0 aliphatic rings. The number of alkyl halides is 4. The molecule has 0 aliphatic heterocycles. The topological polar surface area (TPSA) is 107 Å². The van der Waals surface area contributed by atoms with Crippen molar-refractivity contribution in [2.45, 2.75) is 19.4 Å². The normalized spacial score (nSPS) is 11.3. The Bertz CT molecular complexity index is 1660. The Morgan fingerprint density at radius 2 is 1.62 bits per heavy atom. The first-order valence-corrected chi connectivity index (χ1v) is 11.7. The smallest absolute Gasteiger partial charge is 0.274 e. The van der Waals surface area contributed by atoms with Crippen LogP contribution in [0, 0.1) is 0 Å². The van der Waals surface area contributed by atoms with Crippen molar-refractivity contribution in [2.24, 2.45) is 0 Å². The van der Waals surface area contributed by atoms with E-state index in [0.29, 0.717) is 23.0 Å². The van der Waals surface area contributed by atoms with Gasteiger partial charge in [-0.15, -0.1) is 0 Å². The van der Waals surface area contributed by atoms with Crippen molar-refractivity contribution in [1.82, 2.24) is 25.3 Å². The quantitative estimate of drug-likeness (QED) is 0.244. The van der Waals surface area contributed by atoms with Crippen molar-refractivity contribution in [3.05, 3.63) is 102 Å². The molecular weight excluding hydrogens is 512 g/mol. The second-order valence-electron chi connectivity index (χ2n) is 8.52. The molecule has 0 fully saturated rings. The van der Waals surface area contributed by atoms with E-state index >= 15 is 0 Å². The molecule has 5 rings (SSSR count). The molecule has 0 saturated heterocycles. The molecule has 0 bridgehead atoms. The number of amides is 1. The van der Waals surface area contributed by atoms with Gasteiger partial charge in [0.15, 0.2) is 11.5 Å². The molecular formula is C28H20F4N6O. The molecule has 0 unspecified atom stereocenters. The van der Waals surface area contributed by atoms with E-state index in [4.69, 9.17) is 5.73 Å². The number of nitrogens with one attached hydrogen (secondary N) is 1. The van der Waals surface area contributed by atoms with Crippen molar-refractivity contribution in [3.8, 4) is 22.5 Å². The number of nitrogens with two attached hydrogens (primary N) is 1. The fourth-order valence-corrected chi connectivity index (χ4v) is 4.07. The number of hydrogen-bond donors (Lipinski definition) is 2. The van der Waals surface area contributed by atoms with Crippen molar-refractivity contribution in [3.63, 3.8) is 0 Å². The molecule has 39 heavy (non-hydrogen) atoms. The second-order valence-corrected chi connectivity index (χ2v) is 8.52. The third-order valence-corrected chi connectivity index (χ3v) is 5.99. The summed E-state index contributed by atoms with van der Waals surface area (Å²) in [6.45, 7) is -0.458. The maximum absolute atomic E-state index is 13.5. The molecule has 0 aliphatic carbocycles. The summed E-state index contributed by atoms with van der Waals surface area (Å²) in [5.74, 6) is -0.962. The van der Waals surface area contributed by atoms with E-state index in [1.807, 2.05) is 48.5 Å². The molecule has 3 aromatic heterocycles. The molecule has 1 amide bonds. The Hall–Kier alpha value is -4.93. The van der Waals surface area contributed by atoms with Crippen molar-refractivity contribution >= 4 is 22.6 Å². The highest BCUT2D eigenvalue weighted by Crippen LogP contribution is 2.32. The molecule has 2 aromatic carbocycles. The number of nitrogen functional groups attached to an aromatic ring is 1. The summed E-state index contributed by atoms with van der Waals surface area (Å²) in [7, 11) is 0. The molecule has 3 heterocycles. The summed E-state index contributed by atoms with van der Waals surface area (Å²) >= 11 is 0. The SMILES string of the molecule is Nc1nc(-c2ccccc2)c(-c2ccc3ncccc3c2)nc1C(=O)NCc1ncc(C(F)F)cc1C(F)F. The van der Waals surface area contributed by atoms with E-state index in [1.54, 1.807) is 18.3 Å². The molecule has 0 atom stereocenters. The summed E-state index contributed by atoms with van der Waals surface area (Å²) < 4.78 is 52.9. The van der Waals surface area contributed by atoms with E-state index in [0.717, 1.165) is 22.7 Å².